The molecule has 174 valence electrons. The van der Waals surface area contributed by atoms with Crippen LogP contribution in [0, 0.1) is 11.8 Å². The van der Waals surface area contributed by atoms with Gasteiger partial charge in [-0.25, -0.2) is 4.90 Å². The number of likely N-dealkylation sites (tertiary alicyclic amines) is 1. The molecular weight excluding hydrogens is 416 g/mol. The van der Waals surface area contributed by atoms with Crippen molar-refractivity contribution < 1.29 is 19.1 Å². The number of carbonyl (C=O) groups is 2. The van der Waals surface area contributed by atoms with Crippen LogP contribution in [0.5, 0.6) is 11.5 Å². The molecule has 2 heterocycles. The molecule has 0 bridgehead atoms. The van der Waals surface area contributed by atoms with Crippen LogP contribution in [0.25, 0.3) is 5.57 Å². The minimum absolute atomic E-state index is 0.282. The van der Waals surface area contributed by atoms with E-state index in [0.717, 1.165) is 37.2 Å². The van der Waals surface area contributed by atoms with Gasteiger partial charge < -0.3 is 14.4 Å². The summed E-state index contributed by atoms with van der Waals surface area (Å²) in [6, 6.07) is 14.5. The summed E-state index contributed by atoms with van der Waals surface area (Å²) in [5, 5.41) is 0. The van der Waals surface area contributed by atoms with Gasteiger partial charge in [0.25, 0.3) is 11.8 Å². The van der Waals surface area contributed by atoms with E-state index in [-0.39, 0.29) is 11.8 Å². The SMILES string of the molecule is CCCOc1ccc(C2=C(N3CC(C)CC(C)C3)C(=O)N(c3cccc(OC)c3)C2=O)cc1. The molecule has 2 amide bonds. The highest BCUT2D eigenvalue weighted by molar-refractivity contribution is 6.45. The quantitative estimate of drug-likeness (QED) is 0.573. The van der Waals surface area contributed by atoms with Crippen LogP contribution < -0.4 is 14.4 Å². The normalized spacial score (nSPS) is 21.1. The third kappa shape index (κ3) is 4.61. The molecule has 2 aliphatic heterocycles. The minimum atomic E-state index is -0.309. The van der Waals surface area contributed by atoms with Gasteiger partial charge >= 0.3 is 0 Å². The lowest BCUT2D eigenvalue weighted by molar-refractivity contribution is -0.120. The van der Waals surface area contributed by atoms with Gasteiger partial charge in [-0.2, -0.15) is 0 Å². The molecule has 0 aromatic heterocycles. The highest BCUT2D eigenvalue weighted by Gasteiger charge is 2.43. The van der Waals surface area contributed by atoms with Gasteiger partial charge in [0.1, 0.15) is 17.2 Å². The zero-order valence-electron chi connectivity index (χ0n) is 19.8. The molecule has 2 aromatic rings. The molecule has 6 heteroatoms. The Balaban J connectivity index is 1.77. The maximum Gasteiger partial charge on any atom is 0.282 e. The van der Waals surface area contributed by atoms with Gasteiger partial charge in [-0.1, -0.05) is 39.0 Å². The molecule has 33 heavy (non-hydrogen) atoms. The number of nitrogens with zero attached hydrogens (tertiary/aromatic N) is 2. The van der Waals surface area contributed by atoms with Gasteiger partial charge in [0.05, 0.1) is 25.0 Å². The highest BCUT2D eigenvalue weighted by Crippen LogP contribution is 2.38. The van der Waals surface area contributed by atoms with Crippen LogP contribution in [0.2, 0.25) is 0 Å². The van der Waals surface area contributed by atoms with E-state index < -0.39 is 0 Å². The Bertz CT molecular complexity index is 1050. The number of imide groups is 1. The number of carbonyl (C=O) groups excluding carboxylic acids is 2. The van der Waals surface area contributed by atoms with Crippen molar-refractivity contribution in [1.29, 1.82) is 0 Å². The number of amides is 2. The molecule has 6 nitrogen and oxygen atoms in total. The Morgan fingerprint density at radius 1 is 0.939 bits per heavy atom. The lowest BCUT2D eigenvalue weighted by Gasteiger charge is -2.37. The van der Waals surface area contributed by atoms with Crippen molar-refractivity contribution >= 4 is 23.1 Å². The first kappa shape index (κ1) is 22.9. The fourth-order valence-corrected chi connectivity index (χ4v) is 4.84. The van der Waals surface area contributed by atoms with E-state index >= 15 is 0 Å². The van der Waals surface area contributed by atoms with E-state index in [2.05, 4.69) is 25.7 Å². The Hall–Kier alpha value is -3.28. The largest absolute Gasteiger partial charge is 0.497 e. The van der Waals surface area contributed by atoms with Crippen molar-refractivity contribution in [3.05, 3.63) is 59.8 Å². The molecule has 0 aliphatic carbocycles. The zero-order valence-corrected chi connectivity index (χ0v) is 19.8. The fourth-order valence-electron chi connectivity index (χ4n) is 4.84. The van der Waals surface area contributed by atoms with Crippen molar-refractivity contribution in [2.45, 2.75) is 33.6 Å². The van der Waals surface area contributed by atoms with Crippen LogP contribution in [0.4, 0.5) is 5.69 Å². The molecule has 0 saturated carbocycles. The first-order chi connectivity index (χ1) is 15.9. The first-order valence-electron chi connectivity index (χ1n) is 11.7. The Morgan fingerprint density at radius 3 is 2.27 bits per heavy atom. The van der Waals surface area contributed by atoms with E-state index in [0.29, 0.717) is 41.1 Å². The summed E-state index contributed by atoms with van der Waals surface area (Å²) in [7, 11) is 1.57. The molecule has 0 radical (unpaired) electrons. The van der Waals surface area contributed by atoms with Gasteiger partial charge in [0.15, 0.2) is 0 Å². The molecule has 1 fully saturated rings. The average Bonchev–Trinajstić information content (AvgIpc) is 3.07. The number of ether oxygens (including phenoxy) is 2. The van der Waals surface area contributed by atoms with E-state index in [1.54, 1.807) is 31.4 Å². The number of piperidine rings is 1. The molecule has 2 aromatic carbocycles. The van der Waals surface area contributed by atoms with Crippen molar-refractivity contribution in [3.8, 4) is 11.5 Å². The van der Waals surface area contributed by atoms with Gasteiger partial charge in [0.2, 0.25) is 0 Å². The van der Waals surface area contributed by atoms with Crippen LogP contribution in [-0.4, -0.2) is 43.5 Å². The molecule has 1 saturated heterocycles. The summed E-state index contributed by atoms with van der Waals surface area (Å²) in [6.07, 6.45) is 2.04. The number of methoxy groups -OCH3 is 1. The minimum Gasteiger partial charge on any atom is -0.497 e. The molecule has 0 spiro atoms. The van der Waals surface area contributed by atoms with Crippen molar-refractivity contribution in [1.82, 2.24) is 4.90 Å². The van der Waals surface area contributed by atoms with Gasteiger partial charge in [-0.3, -0.25) is 9.59 Å². The number of hydrogen-bond donors (Lipinski definition) is 0. The molecule has 2 unspecified atom stereocenters. The average molecular weight is 449 g/mol. The molecule has 0 N–H and O–H groups in total. The zero-order chi connectivity index (χ0) is 23.5. The molecular formula is C27H32N2O4. The second-order valence-corrected chi connectivity index (χ2v) is 9.09. The van der Waals surface area contributed by atoms with Crippen LogP contribution in [0.3, 0.4) is 0 Å². The summed E-state index contributed by atoms with van der Waals surface area (Å²) < 4.78 is 11.0. The summed E-state index contributed by atoms with van der Waals surface area (Å²) in [4.78, 5) is 30.9. The van der Waals surface area contributed by atoms with Crippen LogP contribution >= 0.6 is 0 Å². The predicted molar refractivity (Wildman–Crippen MR) is 129 cm³/mol. The Morgan fingerprint density at radius 2 is 1.64 bits per heavy atom. The Kier molecular flexibility index (Phi) is 6.72. The molecule has 2 aliphatic rings. The highest BCUT2D eigenvalue weighted by atomic mass is 16.5. The number of hydrogen-bond acceptors (Lipinski definition) is 5. The second kappa shape index (κ2) is 9.69. The molecule has 2 atom stereocenters. The fraction of sp³-hybridized carbons (Fsp3) is 0.407. The third-order valence-electron chi connectivity index (χ3n) is 6.17. The summed E-state index contributed by atoms with van der Waals surface area (Å²) in [5.41, 5.74) is 2.18. The second-order valence-electron chi connectivity index (χ2n) is 9.09. The predicted octanol–water partition coefficient (Wildman–Crippen LogP) is 4.75. The standard InChI is InChI=1S/C27H32N2O4/c1-5-13-33-22-11-9-20(10-12-22)24-25(28-16-18(2)14-19(3)17-28)27(31)29(26(24)30)21-7-6-8-23(15-21)32-4/h6-12,15,18-19H,5,13-14,16-17H2,1-4H3. The van der Waals surface area contributed by atoms with Crippen LogP contribution in [-0.2, 0) is 9.59 Å². The van der Waals surface area contributed by atoms with Crippen LogP contribution in [0.1, 0.15) is 39.2 Å². The maximum absolute atomic E-state index is 13.8. The van der Waals surface area contributed by atoms with E-state index in [1.807, 2.05) is 24.3 Å². The number of rotatable bonds is 7. The topological polar surface area (TPSA) is 59.1 Å². The Labute approximate surface area is 195 Å². The van der Waals surface area contributed by atoms with E-state index in [1.165, 1.54) is 4.90 Å². The van der Waals surface area contributed by atoms with Crippen molar-refractivity contribution in [2.75, 3.05) is 31.7 Å². The van der Waals surface area contributed by atoms with E-state index in [9.17, 15) is 9.59 Å². The monoisotopic (exact) mass is 448 g/mol. The third-order valence-corrected chi connectivity index (χ3v) is 6.17. The molecule has 4 rings (SSSR count). The first-order valence-corrected chi connectivity index (χ1v) is 11.7. The van der Waals surface area contributed by atoms with Gasteiger partial charge in [-0.05, 0) is 54.5 Å². The number of anilines is 1. The van der Waals surface area contributed by atoms with Crippen molar-refractivity contribution in [3.63, 3.8) is 0 Å². The van der Waals surface area contributed by atoms with Crippen molar-refractivity contribution in [2.24, 2.45) is 11.8 Å². The summed E-state index contributed by atoms with van der Waals surface area (Å²) in [6.45, 7) is 8.60. The van der Waals surface area contributed by atoms with Gasteiger partial charge in [-0.15, -0.1) is 0 Å². The summed E-state index contributed by atoms with van der Waals surface area (Å²) in [5.74, 6) is 1.65. The lowest BCUT2D eigenvalue weighted by atomic mass is 9.91. The van der Waals surface area contributed by atoms with Gasteiger partial charge in [0, 0.05) is 19.2 Å². The maximum atomic E-state index is 13.8. The smallest absolute Gasteiger partial charge is 0.282 e. The van der Waals surface area contributed by atoms with E-state index in [4.69, 9.17) is 9.47 Å². The van der Waals surface area contributed by atoms with Crippen LogP contribution in [0.15, 0.2) is 54.2 Å². The summed E-state index contributed by atoms with van der Waals surface area (Å²) >= 11 is 0. The number of benzene rings is 2. The lowest BCUT2D eigenvalue weighted by Crippen LogP contribution is -2.42.